The predicted octanol–water partition coefficient (Wildman–Crippen LogP) is 2.05. The summed E-state index contributed by atoms with van der Waals surface area (Å²) in [5, 5.41) is 3.35. The Morgan fingerprint density at radius 1 is 1.29 bits per heavy atom. The fraction of sp³-hybridized carbons (Fsp3) is 0.562. The average molecular weight is 294 g/mol. The maximum atomic E-state index is 11.9. The minimum Gasteiger partial charge on any atom is -0.497 e. The van der Waals surface area contributed by atoms with Crippen LogP contribution in [0, 0.1) is 0 Å². The first kappa shape index (κ1) is 17.3. The normalized spacial score (nSPS) is 12.1. The van der Waals surface area contributed by atoms with E-state index in [4.69, 9.17) is 9.47 Å². The smallest absolute Gasteiger partial charge is 0.262 e. The summed E-state index contributed by atoms with van der Waals surface area (Å²) in [6.07, 6.45) is -0.537. The van der Waals surface area contributed by atoms with Gasteiger partial charge in [0, 0.05) is 38.3 Å². The Morgan fingerprint density at radius 3 is 2.48 bits per heavy atom. The second-order valence-corrected chi connectivity index (χ2v) is 5.50. The number of hydrogen-bond acceptors (Lipinski definition) is 4. The van der Waals surface area contributed by atoms with E-state index in [-0.39, 0.29) is 5.91 Å². The van der Waals surface area contributed by atoms with Gasteiger partial charge in [0.05, 0.1) is 7.11 Å². The zero-order valence-corrected chi connectivity index (χ0v) is 13.8. The van der Waals surface area contributed by atoms with Crippen LogP contribution >= 0.6 is 0 Å². The average Bonchev–Trinajstić information content (AvgIpc) is 2.44. The molecule has 0 aliphatic heterocycles. The van der Waals surface area contributed by atoms with Crippen molar-refractivity contribution >= 4 is 5.91 Å². The number of hydrogen-bond donors (Lipinski definition) is 1. The van der Waals surface area contributed by atoms with Crippen LogP contribution in [-0.4, -0.2) is 44.2 Å². The summed E-state index contributed by atoms with van der Waals surface area (Å²) in [5.74, 6) is 1.31. The van der Waals surface area contributed by atoms with E-state index in [1.54, 1.807) is 28.1 Å². The van der Waals surface area contributed by atoms with Crippen LogP contribution in [0.3, 0.4) is 0 Å². The van der Waals surface area contributed by atoms with Crippen LogP contribution in [0.4, 0.5) is 0 Å². The summed E-state index contributed by atoms with van der Waals surface area (Å²) in [5.41, 5.74) is 1.00. The monoisotopic (exact) mass is 294 g/mol. The molecule has 1 unspecified atom stereocenters. The third kappa shape index (κ3) is 5.27. The molecular formula is C16H26N2O3. The van der Waals surface area contributed by atoms with Crippen LogP contribution in [0.2, 0.25) is 0 Å². The zero-order valence-electron chi connectivity index (χ0n) is 13.8. The first-order chi connectivity index (χ1) is 9.85. The van der Waals surface area contributed by atoms with Crippen molar-refractivity contribution in [2.45, 2.75) is 39.5 Å². The van der Waals surface area contributed by atoms with E-state index in [1.807, 2.05) is 18.2 Å². The Labute approximate surface area is 127 Å². The molecule has 5 heteroatoms. The Hall–Kier alpha value is -1.75. The summed E-state index contributed by atoms with van der Waals surface area (Å²) in [4.78, 5) is 13.5. The van der Waals surface area contributed by atoms with Gasteiger partial charge in [-0.25, -0.2) is 0 Å². The number of likely N-dealkylation sites (N-methyl/N-ethyl adjacent to an activating group) is 1. The van der Waals surface area contributed by atoms with E-state index in [2.05, 4.69) is 19.2 Å². The topological polar surface area (TPSA) is 50.8 Å². The van der Waals surface area contributed by atoms with E-state index in [0.29, 0.717) is 24.1 Å². The number of carbonyl (C=O) groups is 1. The van der Waals surface area contributed by atoms with Crippen LogP contribution in [0.25, 0.3) is 0 Å². The molecule has 1 aromatic rings. The second kappa shape index (κ2) is 7.88. The van der Waals surface area contributed by atoms with Crippen molar-refractivity contribution in [2.24, 2.45) is 0 Å². The highest BCUT2D eigenvalue weighted by Crippen LogP contribution is 2.26. The summed E-state index contributed by atoms with van der Waals surface area (Å²) in [6.45, 7) is 6.60. The van der Waals surface area contributed by atoms with E-state index in [9.17, 15) is 4.79 Å². The molecule has 1 N–H and O–H groups in total. The highest BCUT2D eigenvalue weighted by atomic mass is 16.5. The van der Waals surface area contributed by atoms with E-state index in [0.717, 1.165) is 5.56 Å². The van der Waals surface area contributed by atoms with Gasteiger partial charge in [-0.3, -0.25) is 4.79 Å². The maximum absolute atomic E-state index is 11.9. The number of nitrogens with one attached hydrogen (secondary N) is 1. The highest BCUT2D eigenvalue weighted by molar-refractivity contribution is 5.80. The predicted molar refractivity (Wildman–Crippen MR) is 83.8 cm³/mol. The first-order valence-electron chi connectivity index (χ1n) is 7.13. The standard InChI is InChI=1S/C16H26N2O3/c1-11(2)17-10-13-7-8-14(20-6)9-15(13)21-12(3)16(19)18(4)5/h7-9,11-12,17H,10H2,1-6H3. The van der Waals surface area contributed by atoms with Crippen LogP contribution in [0.5, 0.6) is 11.5 Å². The fourth-order valence-corrected chi connectivity index (χ4v) is 1.84. The molecule has 1 aromatic carbocycles. The molecule has 21 heavy (non-hydrogen) atoms. The molecule has 0 aromatic heterocycles. The van der Waals surface area contributed by atoms with Gasteiger partial charge in [-0.2, -0.15) is 0 Å². The number of carbonyl (C=O) groups excluding carboxylic acids is 1. The van der Waals surface area contributed by atoms with Gasteiger partial charge in [-0.15, -0.1) is 0 Å². The van der Waals surface area contributed by atoms with E-state index >= 15 is 0 Å². The van der Waals surface area contributed by atoms with Crippen molar-refractivity contribution in [3.8, 4) is 11.5 Å². The van der Waals surface area contributed by atoms with Crippen LogP contribution < -0.4 is 14.8 Å². The Morgan fingerprint density at radius 2 is 1.95 bits per heavy atom. The molecule has 0 aliphatic carbocycles. The summed E-state index contributed by atoms with van der Waals surface area (Å²) in [6, 6.07) is 6.04. The molecule has 1 amide bonds. The zero-order chi connectivity index (χ0) is 16.0. The lowest BCUT2D eigenvalue weighted by Gasteiger charge is -2.21. The number of ether oxygens (including phenoxy) is 2. The van der Waals surface area contributed by atoms with Crippen molar-refractivity contribution in [1.82, 2.24) is 10.2 Å². The van der Waals surface area contributed by atoms with Crippen LogP contribution in [-0.2, 0) is 11.3 Å². The van der Waals surface area contributed by atoms with Gasteiger partial charge in [-0.1, -0.05) is 19.9 Å². The summed E-state index contributed by atoms with van der Waals surface area (Å²) >= 11 is 0. The molecule has 0 bridgehead atoms. The van der Waals surface area contributed by atoms with Crippen molar-refractivity contribution in [1.29, 1.82) is 0 Å². The van der Waals surface area contributed by atoms with Crippen LogP contribution in [0.1, 0.15) is 26.3 Å². The molecule has 0 radical (unpaired) electrons. The molecule has 0 heterocycles. The van der Waals surface area contributed by atoms with Gasteiger partial charge < -0.3 is 19.7 Å². The lowest BCUT2D eigenvalue weighted by molar-refractivity contribution is -0.135. The molecule has 1 atom stereocenters. The molecule has 1 rings (SSSR count). The molecule has 0 saturated heterocycles. The maximum Gasteiger partial charge on any atom is 0.262 e. The molecule has 0 fully saturated rings. The van der Waals surface area contributed by atoms with Crippen molar-refractivity contribution < 1.29 is 14.3 Å². The number of benzene rings is 1. The largest absolute Gasteiger partial charge is 0.497 e. The van der Waals surface area contributed by atoms with E-state index in [1.165, 1.54) is 4.90 Å². The van der Waals surface area contributed by atoms with Crippen molar-refractivity contribution in [3.05, 3.63) is 23.8 Å². The minimum atomic E-state index is -0.537. The number of rotatable bonds is 7. The third-order valence-electron chi connectivity index (χ3n) is 3.07. The second-order valence-electron chi connectivity index (χ2n) is 5.50. The van der Waals surface area contributed by atoms with Crippen molar-refractivity contribution in [3.63, 3.8) is 0 Å². The molecule has 0 aliphatic rings. The Kier molecular flexibility index (Phi) is 6.49. The first-order valence-corrected chi connectivity index (χ1v) is 7.13. The van der Waals surface area contributed by atoms with Gasteiger partial charge >= 0.3 is 0 Å². The highest BCUT2D eigenvalue weighted by Gasteiger charge is 2.18. The van der Waals surface area contributed by atoms with Gasteiger partial charge in [0.1, 0.15) is 11.5 Å². The molecule has 0 spiro atoms. The molecule has 118 valence electrons. The lowest BCUT2D eigenvalue weighted by atomic mass is 10.1. The van der Waals surface area contributed by atoms with Crippen LogP contribution in [0.15, 0.2) is 18.2 Å². The van der Waals surface area contributed by atoms with Crippen molar-refractivity contribution in [2.75, 3.05) is 21.2 Å². The van der Waals surface area contributed by atoms with Gasteiger partial charge in [0.25, 0.3) is 5.91 Å². The minimum absolute atomic E-state index is 0.0689. The lowest BCUT2D eigenvalue weighted by Crippen LogP contribution is -2.35. The number of amides is 1. The number of nitrogens with zero attached hydrogens (tertiary/aromatic N) is 1. The molecular weight excluding hydrogens is 268 g/mol. The summed E-state index contributed by atoms with van der Waals surface area (Å²) < 4.78 is 11.1. The third-order valence-corrected chi connectivity index (χ3v) is 3.07. The number of methoxy groups -OCH3 is 1. The van der Waals surface area contributed by atoms with Gasteiger partial charge in [0.2, 0.25) is 0 Å². The quantitative estimate of drug-likeness (QED) is 0.836. The Bertz CT molecular complexity index is 473. The SMILES string of the molecule is COc1ccc(CNC(C)C)c(OC(C)C(=O)N(C)C)c1. The van der Waals surface area contributed by atoms with E-state index < -0.39 is 6.10 Å². The molecule has 0 saturated carbocycles. The fourth-order valence-electron chi connectivity index (χ4n) is 1.84. The summed E-state index contributed by atoms with van der Waals surface area (Å²) in [7, 11) is 5.05. The van der Waals surface area contributed by atoms with Gasteiger partial charge in [-0.05, 0) is 13.0 Å². The Balaban J connectivity index is 2.92. The van der Waals surface area contributed by atoms with Gasteiger partial charge in [0.15, 0.2) is 6.10 Å². The molecule has 5 nitrogen and oxygen atoms in total.